The maximum absolute atomic E-state index is 12.2. The molecule has 6 nitrogen and oxygen atoms in total. The fourth-order valence-corrected chi connectivity index (χ4v) is 3.71. The van der Waals surface area contributed by atoms with Gasteiger partial charge in [-0.2, -0.15) is 0 Å². The summed E-state index contributed by atoms with van der Waals surface area (Å²) in [5.41, 5.74) is -0.150. The Morgan fingerprint density at radius 3 is 2.55 bits per heavy atom. The molecule has 0 aromatic heterocycles. The number of carboxylic acid groups (broad SMARTS) is 1. The molecule has 2 unspecified atom stereocenters. The van der Waals surface area contributed by atoms with Crippen LogP contribution in [0.1, 0.15) is 19.4 Å². The number of nitro benzene ring substituents is 1. The van der Waals surface area contributed by atoms with Gasteiger partial charge in [-0.15, -0.1) is 0 Å². The maximum atomic E-state index is 12.2. The SMILES string of the molecule is CC(C)C(C(=O)O)S(=O)Cc1c(Cl)cccc1[N+](=O)[O-]. The molecule has 0 saturated carbocycles. The first-order valence-electron chi connectivity index (χ1n) is 5.77. The number of hydrogen-bond acceptors (Lipinski definition) is 4. The van der Waals surface area contributed by atoms with E-state index in [1.54, 1.807) is 13.8 Å². The van der Waals surface area contributed by atoms with E-state index in [1.807, 2.05) is 0 Å². The summed E-state index contributed by atoms with van der Waals surface area (Å²) in [6, 6.07) is 4.12. The van der Waals surface area contributed by atoms with Gasteiger partial charge in [0.05, 0.1) is 21.3 Å². The number of hydrogen-bond donors (Lipinski definition) is 1. The molecule has 110 valence electrons. The molecule has 0 fully saturated rings. The van der Waals surface area contributed by atoms with Crippen LogP contribution in [0.25, 0.3) is 0 Å². The summed E-state index contributed by atoms with van der Waals surface area (Å²) in [5, 5.41) is 19.0. The van der Waals surface area contributed by atoms with Crippen LogP contribution in [-0.2, 0) is 21.3 Å². The van der Waals surface area contributed by atoms with Gasteiger partial charge in [0.15, 0.2) is 0 Å². The molecule has 0 heterocycles. The van der Waals surface area contributed by atoms with Crippen LogP contribution >= 0.6 is 11.6 Å². The van der Waals surface area contributed by atoms with Crippen LogP contribution in [-0.4, -0.2) is 25.5 Å². The molecule has 1 N–H and O–H groups in total. The molecule has 1 aromatic carbocycles. The van der Waals surface area contributed by atoms with Crippen molar-refractivity contribution in [1.82, 2.24) is 0 Å². The Bertz CT molecular complexity index is 561. The smallest absolute Gasteiger partial charge is 0.319 e. The molecule has 0 aliphatic heterocycles. The topological polar surface area (TPSA) is 97.5 Å². The first kappa shape index (κ1) is 16.6. The lowest BCUT2D eigenvalue weighted by Crippen LogP contribution is -2.31. The molecule has 20 heavy (non-hydrogen) atoms. The Hall–Kier alpha value is -1.47. The largest absolute Gasteiger partial charge is 0.480 e. The number of carbonyl (C=O) groups is 1. The van der Waals surface area contributed by atoms with E-state index in [-0.39, 0.29) is 27.9 Å². The van der Waals surface area contributed by atoms with E-state index in [4.69, 9.17) is 16.7 Å². The highest BCUT2D eigenvalue weighted by molar-refractivity contribution is 7.85. The van der Waals surface area contributed by atoms with Crippen LogP contribution < -0.4 is 0 Å². The van der Waals surface area contributed by atoms with Crippen molar-refractivity contribution in [2.75, 3.05) is 0 Å². The van der Waals surface area contributed by atoms with Gasteiger partial charge in [-0.25, -0.2) is 0 Å². The highest BCUT2D eigenvalue weighted by atomic mass is 35.5. The Balaban J connectivity index is 3.13. The highest BCUT2D eigenvalue weighted by Crippen LogP contribution is 2.28. The number of halogens is 1. The number of nitrogens with zero attached hydrogens (tertiary/aromatic N) is 1. The number of nitro groups is 1. The van der Waals surface area contributed by atoms with Gasteiger partial charge in [-0.1, -0.05) is 31.5 Å². The Kier molecular flexibility index (Phi) is 5.64. The van der Waals surface area contributed by atoms with E-state index in [2.05, 4.69) is 0 Å². The van der Waals surface area contributed by atoms with Crippen LogP contribution in [0.5, 0.6) is 0 Å². The summed E-state index contributed by atoms with van der Waals surface area (Å²) < 4.78 is 12.2. The van der Waals surface area contributed by atoms with E-state index < -0.39 is 26.9 Å². The van der Waals surface area contributed by atoms with Gasteiger partial charge in [0.2, 0.25) is 0 Å². The first-order chi connectivity index (χ1) is 9.25. The second kappa shape index (κ2) is 6.81. The lowest BCUT2D eigenvalue weighted by molar-refractivity contribution is -0.385. The average Bonchev–Trinajstić information content (AvgIpc) is 2.30. The van der Waals surface area contributed by atoms with Crippen molar-refractivity contribution in [3.63, 3.8) is 0 Å². The Morgan fingerprint density at radius 2 is 2.10 bits per heavy atom. The normalized spacial score (nSPS) is 14.0. The fourth-order valence-electron chi connectivity index (χ4n) is 1.79. The highest BCUT2D eigenvalue weighted by Gasteiger charge is 2.30. The predicted molar refractivity (Wildman–Crippen MR) is 76.2 cm³/mol. The summed E-state index contributed by atoms with van der Waals surface area (Å²) in [4.78, 5) is 21.4. The average molecular weight is 320 g/mol. The minimum Gasteiger partial charge on any atom is -0.480 e. The predicted octanol–water partition coefficient (Wildman–Crippen LogP) is 2.61. The van der Waals surface area contributed by atoms with Crippen LogP contribution in [0.4, 0.5) is 5.69 Å². The molecule has 8 heteroatoms. The molecule has 0 bridgehead atoms. The van der Waals surface area contributed by atoms with Crippen LogP contribution in [0.15, 0.2) is 18.2 Å². The minimum atomic E-state index is -1.79. The lowest BCUT2D eigenvalue weighted by Gasteiger charge is -2.16. The van der Waals surface area contributed by atoms with Crippen molar-refractivity contribution in [3.8, 4) is 0 Å². The maximum Gasteiger partial charge on any atom is 0.319 e. The van der Waals surface area contributed by atoms with E-state index in [0.717, 1.165) is 0 Å². The summed E-state index contributed by atoms with van der Waals surface area (Å²) >= 11 is 5.90. The fraction of sp³-hybridized carbons (Fsp3) is 0.417. The third kappa shape index (κ3) is 3.77. The van der Waals surface area contributed by atoms with Crippen LogP contribution in [0.3, 0.4) is 0 Å². The van der Waals surface area contributed by atoms with Gasteiger partial charge in [0.25, 0.3) is 5.69 Å². The molecule has 0 saturated heterocycles. The van der Waals surface area contributed by atoms with Crippen molar-refractivity contribution in [2.45, 2.75) is 24.9 Å². The number of rotatable bonds is 6. The van der Waals surface area contributed by atoms with Gasteiger partial charge in [0.1, 0.15) is 5.25 Å². The second-order valence-electron chi connectivity index (χ2n) is 4.52. The lowest BCUT2D eigenvalue weighted by atomic mass is 10.1. The van der Waals surface area contributed by atoms with Crippen molar-refractivity contribution < 1.29 is 19.0 Å². The first-order valence-corrected chi connectivity index (χ1v) is 7.53. The molecule has 0 amide bonds. The molecule has 1 rings (SSSR count). The minimum absolute atomic E-state index is 0.101. The zero-order valence-electron chi connectivity index (χ0n) is 10.9. The molecule has 1 aromatic rings. The molecule has 0 radical (unpaired) electrons. The van der Waals surface area contributed by atoms with E-state index in [9.17, 15) is 19.1 Å². The Labute approximate surface area is 123 Å². The third-order valence-electron chi connectivity index (χ3n) is 2.71. The van der Waals surface area contributed by atoms with E-state index in [1.165, 1.54) is 18.2 Å². The number of benzene rings is 1. The molecule has 0 aliphatic rings. The van der Waals surface area contributed by atoms with E-state index >= 15 is 0 Å². The standard InChI is InChI=1S/C12H14ClNO5S/c1-7(2)11(12(15)16)20(19)6-8-9(13)4-3-5-10(8)14(17)18/h3-5,7,11H,6H2,1-2H3,(H,15,16). The third-order valence-corrected chi connectivity index (χ3v) is 4.95. The zero-order chi connectivity index (χ0) is 15.4. The van der Waals surface area contributed by atoms with Crippen LogP contribution in [0.2, 0.25) is 5.02 Å². The van der Waals surface area contributed by atoms with Gasteiger partial charge >= 0.3 is 5.97 Å². The van der Waals surface area contributed by atoms with E-state index in [0.29, 0.717) is 0 Å². The monoisotopic (exact) mass is 319 g/mol. The van der Waals surface area contributed by atoms with Crippen molar-refractivity contribution in [2.24, 2.45) is 5.92 Å². The number of carboxylic acids is 1. The summed E-state index contributed by atoms with van der Waals surface area (Å²) in [7, 11) is -1.79. The van der Waals surface area contributed by atoms with Gasteiger partial charge in [-0.05, 0) is 12.0 Å². The zero-order valence-corrected chi connectivity index (χ0v) is 12.5. The molecule has 0 spiro atoms. The Morgan fingerprint density at radius 1 is 1.50 bits per heavy atom. The molecule has 2 atom stereocenters. The summed E-state index contributed by atoms with van der Waals surface area (Å²) in [6.07, 6.45) is 0. The van der Waals surface area contributed by atoms with Crippen molar-refractivity contribution >= 4 is 34.1 Å². The molecule has 0 aliphatic carbocycles. The summed E-state index contributed by atoms with van der Waals surface area (Å²) in [6.45, 7) is 3.27. The number of aliphatic carboxylic acids is 1. The second-order valence-corrected chi connectivity index (χ2v) is 6.49. The quantitative estimate of drug-likeness (QED) is 0.642. The summed E-state index contributed by atoms with van der Waals surface area (Å²) in [5.74, 6) is -1.80. The van der Waals surface area contributed by atoms with Crippen molar-refractivity contribution in [3.05, 3.63) is 38.9 Å². The van der Waals surface area contributed by atoms with Gasteiger partial charge < -0.3 is 5.11 Å². The van der Waals surface area contributed by atoms with Gasteiger partial charge in [0, 0.05) is 16.9 Å². The van der Waals surface area contributed by atoms with Gasteiger partial charge in [-0.3, -0.25) is 19.1 Å². The van der Waals surface area contributed by atoms with Crippen molar-refractivity contribution in [1.29, 1.82) is 0 Å². The molecular weight excluding hydrogens is 306 g/mol. The van der Waals surface area contributed by atoms with Crippen LogP contribution in [0, 0.1) is 16.0 Å². The molecular formula is C12H14ClNO5S.